The fourth-order valence-electron chi connectivity index (χ4n) is 1.95. The topological polar surface area (TPSA) is 41.5 Å². The van der Waals surface area contributed by atoms with Crippen molar-refractivity contribution < 1.29 is 9.84 Å². The van der Waals surface area contributed by atoms with E-state index in [-0.39, 0.29) is 11.8 Å². The lowest BCUT2D eigenvalue weighted by Gasteiger charge is -2.15. The van der Waals surface area contributed by atoms with Gasteiger partial charge in [0.25, 0.3) is 0 Å². The van der Waals surface area contributed by atoms with Crippen LogP contribution in [-0.2, 0) is 6.42 Å². The first kappa shape index (κ1) is 13.9. The molecule has 102 valence electrons. The number of ether oxygens (including phenoxy) is 1. The monoisotopic (exact) mass is 277 g/mol. The highest BCUT2D eigenvalue weighted by molar-refractivity contribution is 7.09. The summed E-state index contributed by atoms with van der Waals surface area (Å²) in [6.07, 6.45) is 1.04. The number of thiophene rings is 1. The van der Waals surface area contributed by atoms with Crippen molar-refractivity contribution in [1.82, 2.24) is 5.32 Å². The number of hydrogen-bond donors (Lipinski definition) is 2. The van der Waals surface area contributed by atoms with Gasteiger partial charge >= 0.3 is 0 Å². The fraction of sp³-hybridized carbons (Fsp3) is 0.333. The largest absolute Gasteiger partial charge is 0.504 e. The van der Waals surface area contributed by atoms with Crippen molar-refractivity contribution in [2.45, 2.75) is 19.4 Å². The summed E-state index contributed by atoms with van der Waals surface area (Å²) in [5.41, 5.74) is 1.11. The van der Waals surface area contributed by atoms with E-state index in [1.165, 1.54) is 4.88 Å². The number of hydrogen-bond acceptors (Lipinski definition) is 4. The molecule has 0 bridgehead atoms. The van der Waals surface area contributed by atoms with Gasteiger partial charge < -0.3 is 15.2 Å². The molecule has 1 aromatic heterocycles. The molecule has 19 heavy (non-hydrogen) atoms. The van der Waals surface area contributed by atoms with Crippen LogP contribution in [0.5, 0.6) is 11.5 Å². The first-order valence-corrected chi connectivity index (χ1v) is 7.21. The smallest absolute Gasteiger partial charge is 0.160 e. The number of phenols is 1. The molecule has 0 saturated carbocycles. The van der Waals surface area contributed by atoms with Gasteiger partial charge in [-0.25, -0.2) is 0 Å². The van der Waals surface area contributed by atoms with E-state index < -0.39 is 0 Å². The summed E-state index contributed by atoms with van der Waals surface area (Å²) >= 11 is 1.79. The normalized spacial score (nSPS) is 12.3. The van der Waals surface area contributed by atoms with E-state index >= 15 is 0 Å². The molecule has 0 aliphatic carbocycles. The predicted octanol–water partition coefficient (Wildman–Crippen LogP) is 3.36. The summed E-state index contributed by atoms with van der Waals surface area (Å²) < 4.78 is 5.12. The third-order valence-corrected chi connectivity index (χ3v) is 4.04. The molecule has 3 nitrogen and oxygen atoms in total. The standard InChI is InChI=1S/C15H19NO2S/c1-11(16-8-7-13-4-3-9-19-13)12-5-6-14(17)15(10-12)18-2/h3-6,9-11,16-17H,7-8H2,1-2H3. The SMILES string of the molecule is COc1cc(C(C)NCCc2cccs2)ccc1O. The van der Waals surface area contributed by atoms with Crippen molar-refractivity contribution in [3.63, 3.8) is 0 Å². The third kappa shape index (κ3) is 3.72. The maximum atomic E-state index is 9.57. The minimum absolute atomic E-state index is 0.178. The molecular formula is C15H19NO2S. The lowest BCUT2D eigenvalue weighted by molar-refractivity contribution is 0.372. The van der Waals surface area contributed by atoms with E-state index in [0.29, 0.717) is 5.75 Å². The Morgan fingerprint density at radius 2 is 2.21 bits per heavy atom. The summed E-state index contributed by atoms with van der Waals surface area (Å²) in [6.45, 7) is 3.05. The molecule has 0 fully saturated rings. The average molecular weight is 277 g/mol. The van der Waals surface area contributed by atoms with Crippen LogP contribution in [0.3, 0.4) is 0 Å². The first-order chi connectivity index (χ1) is 9.20. The molecule has 1 atom stereocenters. The van der Waals surface area contributed by atoms with Crippen LogP contribution in [0.2, 0.25) is 0 Å². The Labute approximate surface area is 117 Å². The van der Waals surface area contributed by atoms with Gasteiger partial charge in [0.1, 0.15) is 0 Å². The van der Waals surface area contributed by atoms with E-state index in [2.05, 4.69) is 29.8 Å². The van der Waals surface area contributed by atoms with Crippen LogP contribution in [0.25, 0.3) is 0 Å². The van der Waals surface area contributed by atoms with Gasteiger partial charge in [-0.1, -0.05) is 12.1 Å². The van der Waals surface area contributed by atoms with Crippen molar-refractivity contribution in [2.24, 2.45) is 0 Å². The first-order valence-electron chi connectivity index (χ1n) is 6.33. The number of aromatic hydroxyl groups is 1. The number of nitrogens with one attached hydrogen (secondary N) is 1. The molecule has 2 aromatic rings. The van der Waals surface area contributed by atoms with Crippen LogP contribution in [0.1, 0.15) is 23.4 Å². The van der Waals surface area contributed by atoms with Gasteiger partial charge in [-0.05, 0) is 42.5 Å². The third-order valence-electron chi connectivity index (χ3n) is 3.11. The van der Waals surface area contributed by atoms with Crippen LogP contribution in [0.15, 0.2) is 35.7 Å². The summed E-state index contributed by atoms with van der Waals surface area (Å²) in [5.74, 6) is 0.696. The zero-order valence-corrected chi connectivity index (χ0v) is 12.0. The van der Waals surface area contributed by atoms with Crippen molar-refractivity contribution in [3.05, 3.63) is 46.2 Å². The molecule has 0 aliphatic rings. The van der Waals surface area contributed by atoms with Crippen molar-refractivity contribution in [3.8, 4) is 11.5 Å². The maximum Gasteiger partial charge on any atom is 0.160 e. The molecule has 1 unspecified atom stereocenters. The Balaban J connectivity index is 1.90. The lowest BCUT2D eigenvalue weighted by atomic mass is 10.1. The molecule has 1 heterocycles. The van der Waals surface area contributed by atoms with Gasteiger partial charge in [0.05, 0.1) is 7.11 Å². The number of methoxy groups -OCH3 is 1. The van der Waals surface area contributed by atoms with Gasteiger partial charge in [-0.3, -0.25) is 0 Å². The summed E-state index contributed by atoms with van der Waals surface area (Å²) in [7, 11) is 1.56. The van der Waals surface area contributed by atoms with Gasteiger partial charge in [0, 0.05) is 17.5 Å². The van der Waals surface area contributed by atoms with Crippen LogP contribution < -0.4 is 10.1 Å². The Morgan fingerprint density at radius 3 is 2.89 bits per heavy atom. The molecule has 0 saturated heterocycles. The van der Waals surface area contributed by atoms with Gasteiger partial charge in [-0.15, -0.1) is 11.3 Å². The molecule has 2 rings (SSSR count). The highest BCUT2D eigenvalue weighted by Crippen LogP contribution is 2.28. The van der Waals surface area contributed by atoms with E-state index in [1.807, 2.05) is 12.1 Å². The van der Waals surface area contributed by atoms with Crippen molar-refractivity contribution in [1.29, 1.82) is 0 Å². The Kier molecular flexibility index (Phi) is 4.82. The van der Waals surface area contributed by atoms with Gasteiger partial charge in [-0.2, -0.15) is 0 Å². The minimum atomic E-state index is 0.178. The van der Waals surface area contributed by atoms with Crippen LogP contribution in [0.4, 0.5) is 0 Å². The van der Waals surface area contributed by atoms with Gasteiger partial charge in [0.2, 0.25) is 0 Å². The van der Waals surface area contributed by atoms with Crippen LogP contribution in [0, 0.1) is 0 Å². The Bertz CT molecular complexity index is 511. The summed E-state index contributed by atoms with van der Waals surface area (Å²) in [5, 5.41) is 15.2. The molecule has 0 radical (unpaired) electrons. The Morgan fingerprint density at radius 1 is 1.37 bits per heavy atom. The fourth-order valence-corrected chi connectivity index (χ4v) is 2.66. The lowest BCUT2D eigenvalue weighted by Crippen LogP contribution is -2.21. The van der Waals surface area contributed by atoms with Crippen LogP contribution in [-0.4, -0.2) is 18.8 Å². The van der Waals surface area contributed by atoms with Gasteiger partial charge in [0.15, 0.2) is 11.5 Å². The zero-order valence-electron chi connectivity index (χ0n) is 11.2. The molecule has 0 aliphatic heterocycles. The minimum Gasteiger partial charge on any atom is -0.504 e. The zero-order chi connectivity index (χ0) is 13.7. The summed E-state index contributed by atoms with van der Waals surface area (Å²) in [6, 6.07) is 9.92. The van der Waals surface area contributed by atoms with E-state index in [0.717, 1.165) is 18.5 Å². The highest BCUT2D eigenvalue weighted by Gasteiger charge is 2.08. The van der Waals surface area contributed by atoms with E-state index in [4.69, 9.17) is 4.74 Å². The highest BCUT2D eigenvalue weighted by atomic mass is 32.1. The summed E-state index contributed by atoms with van der Waals surface area (Å²) in [4.78, 5) is 1.39. The second-order valence-corrected chi connectivity index (χ2v) is 5.47. The molecular weight excluding hydrogens is 258 g/mol. The second-order valence-electron chi connectivity index (χ2n) is 4.44. The van der Waals surface area contributed by atoms with Crippen LogP contribution >= 0.6 is 11.3 Å². The predicted molar refractivity (Wildman–Crippen MR) is 79.1 cm³/mol. The average Bonchev–Trinajstić information content (AvgIpc) is 2.92. The quantitative estimate of drug-likeness (QED) is 0.850. The van der Waals surface area contributed by atoms with Crippen molar-refractivity contribution in [2.75, 3.05) is 13.7 Å². The van der Waals surface area contributed by atoms with E-state index in [9.17, 15) is 5.11 Å². The second kappa shape index (κ2) is 6.59. The molecule has 4 heteroatoms. The molecule has 2 N–H and O–H groups in total. The maximum absolute atomic E-state index is 9.57. The van der Waals surface area contributed by atoms with E-state index in [1.54, 1.807) is 24.5 Å². The molecule has 0 spiro atoms. The Hall–Kier alpha value is -1.52. The number of phenolic OH excluding ortho intramolecular Hbond substituents is 1. The number of benzene rings is 1. The molecule has 0 amide bonds. The molecule has 1 aromatic carbocycles. The van der Waals surface area contributed by atoms with Crippen molar-refractivity contribution >= 4 is 11.3 Å². The number of rotatable bonds is 6.